The predicted octanol–water partition coefficient (Wildman–Crippen LogP) is 12.8. The number of nitrogens with zero attached hydrogens (tertiary/aromatic N) is 4. The molecule has 0 saturated carbocycles. The van der Waals surface area contributed by atoms with Crippen LogP contribution in [0.5, 0.6) is 11.5 Å². The summed E-state index contributed by atoms with van der Waals surface area (Å²) in [5.41, 5.74) is 12.5. The molecule has 0 unspecified atom stereocenters. The average Bonchev–Trinajstić information content (AvgIpc) is 3.81. The molecular weight excluding hydrogens is 649 g/mol. The van der Waals surface area contributed by atoms with Gasteiger partial charge in [-0.05, 0) is 64.2 Å². The van der Waals surface area contributed by atoms with Crippen molar-refractivity contribution in [2.75, 3.05) is 0 Å². The predicted molar refractivity (Wildman–Crippen MR) is 219 cm³/mol. The van der Waals surface area contributed by atoms with E-state index in [9.17, 15) is 0 Å². The van der Waals surface area contributed by atoms with Gasteiger partial charge in [0.15, 0.2) is 0 Å². The fourth-order valence-electron chi connectivity index (χ4n) is 8.60. The summed E-state index contributed by atoms with van der Waals surface area (Å²) in [6.07, 6.45) is 4.09. The molecule has 5 heteroatoms. The van der Waals surface area contributed by atoms with E-state index in [4.69, 9.17) is 14.7 Å². The van der Waals surface area contributed by atoms with Gasteiger partial charge in [-0.3, -0.25) is 4.40 Å². The summed E-state index contributed by atoms with van der Waals surface area (Å²) in [7, 11) is 0. The molecule has 0 radical (unpaired) electrons. The first kappa shape index (κ1) is 33.2. The molecule has 1 aliphatic rings. The first-order valence-corrected chi connectivity index (χ1v) is 18.9. The molecule has 0 aliphatic carbocycles. The minimum absolute atomic E-state index is 0.120. The summed E-state index contributed by atoms with van der Waals surface area (Å²) < 4.78 is 11.3. The molecule has 0 spiro atoms. The highest BCUT2D eigenvalue weighted by Gasteiger charge is 2.48. The second kappa shape index (κ2) is 11.9. The van der Waals surface area contributed by atoms with Crippen LogP contribution in [0.2, 0.25) is 0 Å². The number of pyridine rings is 1. The van der Waals surface area contributed by atoms with Crippen molar-refractivity contribution in [3.8, 4) is 39.7 Å². The Morgan fingerprint density at radius 2 is 1.30 bits per heavy atom. The van der Waals surface area contributed by atoms with Crippen LogP contribution in [0.1, 0.15) is 89.6 Å². The van der Waals surface area contributed by atoms with Gasteiger partial charge in [-0.15, -0.1) is 0 Å². The van der Waals surface area contributed by atoms with Crippen molar-refractivity contribution in [1.29, 1.82) is 0 Å². The highest BCUT2D eigenvalue weighted by Crippen LogP contribution is 2.53. The van der Waals surface area contributed by atoms with Crippen LogP contribution in [0.3, 0.4) is 0 Å². The monoisotopic (exact) mass is 694 g/mol. The van der Waals surface area contributed by atoms with E-state index in [2.05, 4.69) is 168 Å². The Morgan fingerprint density at radius 3 is 2.04 bits per heavy atom. The van der Waals surface area contributed by atoms with Crippen molar-refractivity contribution >= 4 is 27.3 Å². The molecule has 8 aromatic rings. The number of benzene rings is 5. The Morgan fingerprint density at radius 1 is 0.623 bits per heavy atom. The lowest BCUT2D eigenvalue weighted by atomic mass is 9.60. The largest absolute Gasteiger partial charge is 0.457 e. The van der Waals surface area contributed by atoms with Gasteiger partial charge < -0.3 is 9.30 Å². The lowest BCUT2D eigenvalue weighted by molar-refractivity contribution is 0.289. The van der Waals surface area contributed by atoms with Crippen molar-refractivity contribution in [2.45, 2.75) is 78.1 Å². The lowest BCUT2D eigenvalue weighted by Crippen LogP contribution is -2.44. The molecule has 5 aromatic carbocycles. The summed E-state index contributed by atoms with van der Waals surface area (Å²) in [6, 6.07) is 38.8. The third-order valence-electron chi connectivity index (χ3n) is 12.1. The SMILES string of the molecule is CC(C)c1cccc(C(C)C)c1-n1cnc(-c2cccc(Oc3ccc4c(c3)c3nc(-c5ccccc5)c5n3c3c(cccc43)C(C)(C)C5(C)C)c2)c1. The first-order valence-electron chi connectivity index (χ1n) is 18.9. The van der Waals surface area contributed by atoms with E-state index >= 15 is 0 Å². The molecule has 264 valence electrons. The van der Waals surface area contributed by atoms with Crippen LogP contribution in [-0.2, 0) is 10.8 Å². The minimum atomic E-state index is -0.193. The molecular formula is C48H46N4O. The first-order chi connectivity index (χ1) is 25.5. The lowest BCUT2D eigenvalue weighted by Gasteiger charge is -2.46. The normalized spacial score (nSPS) is 14.7. The minimum Gasteiger partial charge on any atom is -0.457 e. The van der Waals surface area contributed by atoms with Crippen LogP contribution in [0.4, 0.5) is 0 Å². The molecule has 0 atom stereocenters. The van der Waals surface area contributed by atoms with E-state index in [0.29, 0.717) is 11.8 Å². The topological polar surface area (TPSA) is 44.3 Å². The summed E-state index contributed by atoms with van der Waals surface area (Å²) in [5, 5.41) is 3.48. The van der Waals surface area contributed by atoms with Gasteiger partial charge in [0, 0.05) is 38.9 Å². The Hall–Kier alpha value is -5.68. The third-order valence-corrected chi connectivity index (χ3v) is 12.1. The van der Waals surface area contributed by atoms with Crippen LogP contribution < -0.4 is 4.74 Å². The van der Waals surface area contributed by atoms with E-state index in [0.717, 1.165) is 45.0 Å². The van der Waals surface area contributed by atoms with Crippen molar-refractivity contribution in [2.24, 2.45) is 0 Å². The number of rotatable bonds is 7. The quantitative estimate of drug-likeness (QED) is 0.156. The molecule has 1 aliphatic heterocycles. The number of fused-ring (bicyclic) bond motifs is 3. The van der Waals surface area contributed by atoms with Crippen molar-refractivity contribution < 1.29 is 4.74 Å². The summed E-state index contributed by atoms with van der Waals surface area (Å²) >= 11 is 0. The number of imidazole rings is 2. The van der Waals surface area contributed by atoms with Gasteiger partial charge in [-0.25, -0.2) is 9.97 Å². The molecule has 0 N–H and O–H groups in total. The molecule has 5 nitrogen and oxygen atoms in total. The van der Waals surface area contributed by atoms with E-state index < -0.39 is 0 Å². The molecule has 4 heterocycles. The maximum atomic E-state index is 6.66. The number of para-hydroxylation sites is 2. The fourth-order valence-corrected chi connectivity index (χ4v) is 8.60. The number of ether oxygens (including phenoxy) is 1. The van der Waals surface area contributed by atoms with Crippen molar-refractivity contribution in [1.82, 2.24) is 18.9 Å². The molecule has 0 saturated heterocycles. The van der Waals surface area contributed by atoms with E-state index in [1.165, 1.54) is 44.4 Å². The van der Waals surface area contributed by atoms with Gasteiger partial charge in [-0.1, -0.05) is 134 Å². The molecule has 53 heavy (non-hydrogen) atoms. The van der Waals surface area contributed by atoms with Crippen LogP contribution in [0.15, 0.2) is 122 Å². The van der Waals surface area contributed by atoms with E-state index in [1.807, 2.05) is 18.5 Å². The number of aromatic nitrogens is 4. The second-order valence-corrected chi connectivity index (χ2v) is 16.4. The van der Waals surface area contributed by atoms with Crippen LogP contribution >= 0.6 is 0 Å². The maximum absolute atomic E-state index is 6.66. The van der Waals surface area contributed by atoms with Crippen LogP contribution in [0.25, 0.3) is 55.5 Å². The Kier molecular flexibility index (Phi) is 7.46. The van der Waals surface area contributed by atoms with Gasteiger partial charge in [0.1, 0.15) is 17.1 Å². The Bertz CT molecular complexity index is 2680. The number of hydrogen-bond donors (Lipinski definition) is 0. The third kappa shape index (κ3) is 4.97. The zero-order chi connectivity index (χ0) is 36.8. The molecule has 0 amide bonds. The molecule has 9 rings (SSSR count). The van der Waals surface area contributed by atoms with Gasteiger partial charge >= 0.3 is 0 Å². The van der Waals surface area contributed by atoms with E-state index in [1.54, 1.807) is 0 Å². The Balaban J connectivity index is 1.16. The fraction of sp³-hybridized carbons (Fsp3) is 0.250. The summed E-state index contributed by atoms with van der Waals surface area (Å²) in [6.45, 7) is 18.5. The van der Waals surface area contributed by atoms with E-state index in [-0.39, 0.29) is 10.8 Å². The molecule has 0 bridgehead atoms. The molecule has 0 fully saturated rings. The zero-order valence-corrected chi connectivity index (χ0v) is 31.9. The van der Waals surface area contributed by atoms with Crippen molar-refractivity contribution in [3.63, 3.8) is 0 Å². The van der Waals surface area contributed by atoms with Gasteiger partial charge in [0.25, 0.3) is 0 Å². The second-order valence-electron chi connectivity index (χ2n) is 16.4. The smallest absolute Gasteiger partial charge is 0.146 e. The standard InChI is InChI=1S/C48H46N4O/c1-29(2)35-19-13-20-36(30(3)4)43(35)51-27-41(49-28-51)32-17-12-18-33(25-32)53-34-23-24-37-38-21-14-22-40-44(38)52-45(48(7,8)47(40,5)6)42(31-15-10-9-11-16-31)50-46(52)39(37)26-34/h9-30H,1-8H3. The van der Waals surface area contributed by atoms with Gasteiger partial charge in [0.2, 0.25) is 0 Å². The highest BCUT2D eigenvalue weighted by molar-refractivity contribution is 6.14. The van der Waals surface area contributed by atoms with Crippen LogP contribution in [0, 0.1) is 0 Å². The summed E-state index contributed by atoms with van der Waals surface area (Å²) in [5.74, 6) is 2.33. The zero-order valence-electron chi connectivity index (χ0n) is 31.9. The average molecular weight is 695 g/mol. The summed E-state index contributed by atoms with van der Waals surface area (Å²) in [4.78, 5) is 10.4. The Labute approximate surface area is 311 Å². The molecule has 3 aromatic heterocycles. The highest BCUT2D eigenvalue weighted by atomic mass is 16.5. The number of hydrogen-bond acceptors (Lipinski definition) is 3. The maximum Gasteiger partial charge on any atom is 0.146 e. The van der Waals surface area contributed by atoms with Crippen molar-refractivity contribution in [3.05, 3.63) is 144 Å². The van der Waals surface area contributed by atoms with Crippen LogP contribution in [-0.4, -0.2) is 18.9 Å². The van der Waals surface area contributed by atoms with Gasteiger partial charge in [0.05, 0.1) is 34.6 Å². The van der Waals surface area contributed by atoms with Gasteiger partial charge in [-0.2, -0.15) is 0 Å².